The van der Waals surface area contributed by atoms with Crippen LogP contribution in [0.15, 0.2) is 22.7 Å². The summed E-state index contributed by atoms with van der Waals surface area (Å²) >= 11 is 2.97. The molecule has 1 aromatic rings. The van der Waals surface area contributed by atoms with E-state index in [-0.39, 0.29) is 16.3 Å². The van der Waals surface area contributed by atoms with Crippen LogP contribution in [0, 0.1) is 0 Å². The van der Waals surface area contributed by atoms with Gasteiger partial charge in [0, 0.05) is 23.4 Å². The van der Waals surface area contributed by atoms with E-state index in [0.717, 1.165) is 12.1 Å². The minimum atomic E-state index is -4.60. The lowest BCUT2D eigenvalue weighted by Gasteiger charge is -2.23. The molecule has 0 heterocycles. The van der Waals surface area contributed by atoms with Gasteiger partial charge in [0.05, 0.1) is 11.1 Å². The van der Waals surface area contributed by atoms with Crippen molar-refractivity contribution in [1.82, 2.24) is 5.32 Å². The third-order valence-electron chi connectivity index (χ3n) is 3.41. The number of halogens is 4. The van der Waals surface area contributed by atoms with Crippen LogP contribution < -0.4 is 5.32 Å². The molecule has 1 saturated carbocycles. The molecule has 3 nitrogen and oxygen atoms in total. The van der Waals surface area contributed by atoms with Gasteiger partial charge in [0.25, 0.3) is 5.91 Å². The summed E-state index contributed by atoms with van der Waals surface area (Å²) in [5, 5.41) is 2.58. The lowest BCUT2D eigenvalue weighted by Crippen LogP contribution is -2.38. The van der Waals surface area contributed by atoms with Crippen LogP contribution in [-0.2, 0) is 11.0 Å². The molecule has 0 unspecified atom stereocenters. The van der Waals surface area contributed by atoms with Crippen molar-refractivity contribution < 1.29 is 22.8 Å². The Kier molecular flexibility index (Phi) is 4.70. The van der Waals surface area contributed by atoms with Gasteiger partial charge in [-0.2, -0.15) is 13.2 Å². The van der Waals surface area contributed by atoms with Crippen LogP contribution in [0.3, 0.4) is 0 Å². The number of ketones is 1. The van der Waals surface area contributed by atoms with E-state index in [1.807, 2.05) is 0 Å². The lowest BCUT2D eigenvalue weighted by molar-refractivity contribution is -0.138. The van der Waals surface area contributed by atoms with Crippen LogP contribution in [0.25, 0.3) is 0 Å². The van der Waals surface area contributed by atoms with E-state index < -0.39 is 23.2 Å². The zero-order valence-corrected chi connectivity index (χ0v) is 12.6. The number of carbonyl (C=O) groups excluding carboxylic acids is 2. The zero-order chi connectivity index (χ0) is 15.6. The lowest BCUT2D eigenvalue weighted by atomic mass is 9.94. The normalized spacial score (nSPS) is 16.9. The largest absolute Gasteiger partial charge is 0.417 e. The molecule has 2 rings (SSSR count). The summed E-state index contributed by atoms with van der Waals surface area (Å²) in [6, 6.07) is 3.18. The molecule has 1 aromatic carbocycles. The first-order valence-electron chi connectivity index (χ1n) is 6.46. The maximum atomic E-state index is 13.0. The van der Waals surface area contributed by atoms with E-state index in [4.69, 9.17) is 0 Å². The van der Waals surface area contributed by atoms with Crippen molar-refractivity contribution in [3.8, 4) is 0 Å². The number of alkyl halides is 3. The molecule has 1 aliphatic rings. The minimum absolute atomic E-state index is 0.125. The molecule has 1 N–H and O–H groups in total. The van der Waals surface area contributed by atoms with Gasteiger partial charge in [0.15, 0.2) is 0 Å². The summed E-state index contributed by atoms with van der Waals surface area (Å²) in [4.78, 5) is 23.2. The molecular weight excluding hydrogens is 351 g/mol. The number of rotatable bonds is 2. The van der Waals surface area contributed by atoms with Crippen molar-refractivity contribution in [2.45, 2.75) is 37.9 Å². The third-order valence-corrected chi connectivity index (χ3v) is 3.90. The maximum absolute atomic E-state index is 13.0. The Labute approximate surface area is 128 Å². The Morgan fingerprint density at radius 1 is 1.24 bits per heavy atom. The number of nitrogens with one attached hydrogen (secondary N) is 1. The number of hydrogen-bond acceptors (Lipinski definition) is 2. The first-order valence-corrected chi connectivity index (χ1v) is 7.26. The molecule has 7 heteroatoms. The van der Waals surface area contributed by atoms with Gasteiger partial charge in [-0.3, -0.25) is 9.59 Å². The average Bonchev–Trinajstić information content (AvgIpc) is 2.40. The van der Waals surface area contributed by atoms with E-state index in [2.05, 4.69) is 21.2 Å². The van der Waals surface area contributed by atoms with E-state index in [0.29, 0.717) is 25.7 Å². The van der Waals surface area contributed by atoms with Gasteiger partial charge in [-0.25, -0.2) is 0 Å². The highest BCUT2D eigenvalue weighted by molar-refractivity contribution is 9.10. The molecule has 0 radical (unpaired) electrons. The second-order valence-corrected chi connectivity index (χ2v) is 5.89. The molecule has 0 saturated heterocycles. The van der Waals surface area contributed by atoms with E-state index in [9.17, 15) is 22.8 Å². The molecule has 0 atom stereocenters. The van der Waals surface area contributed by atoms with Crippen molar-refractivity contribution in [1.29, 1.82) is 0 Å². The van der Waals surface area contributed by atoms with Gasteiger partial charge in [0.2, 0.25) is 0 Å². The number of benzene rings is 1. The summed E-state index contributed by atoms with van der Waals surface area (Å²) in [6.45, 7) is 0. The monoisotopic (exact) mass is 363 g/mol. The van der Waals surface area contributed by atoms with Crippen molar-refractivity contribution in [3.63, 3.8) is 0 Å². The SMILES string of the molecule is O=C1CCC(NC(=O)c2ccc(Br)cc2C(F)(F)F)CC1. The molecule has 1 aliphatic carbocycles. The number of hydrogen-bond donors (Lipinski definition) is 1. The topological polar surface area (TPSA) is 46.2 Å². The highest BCUT2D eigenvalue weighted by Gasteiger charge is 2.35. The van der Waals surface area contributed by atoms with Crippen molar-refractivity contribution in [2.75, 3.05) is 0 Å². The van der Waals surface area contributed by atoms with E-state index in [1.54, 1.807) is 0 Å². The van der Waals surface area contributed by atoms with Gasteiger partial charge >= 0.3 is 6.18 Å². The molecule has 0 aromatic heterocycles. The first kappa shape index (κ1) is 16.0. The summed E-state index contributed by atoms with van der Waals surface area (Å²) in [5.41, 5.74) is -1.37. The Bertz CT molecular complexity index is 562. The van der Waals surface area contributed by atoms with Crippen LogP contribution >= 0.6 is 15.9 Å². The molecule has 114 valence electrons. The van der Waals surface area contributed by atoms with Gasteiger partial charge in [-0.1, -0.05) is 15.9 Å². The van der Waals surface area contributed by atoms with Gasteiger partial charge in [-0.05, 0) is 31.0 Å². The fourth-order valence-corrected chi connectivity index (χ4v) is 2.66. The molecule has 21 heavy (non-hydrogen) atoms. The fourth-order valence-electron chi connectivity index (χ4n) is 2.30. The highest BCUT2D eigenvalue weighted by atomic mass is 79.9. The van der Waals surface area contributed by atoms with Crippen LogP contribution in [0.1, 0.15) is 41.6 Å². The standard InChI is InChI=1S/C14H13BrF3NO2/c15-8-1-6-11(12(7-8)14(16,17)18)13(21)19-9-2-4-10(20)5-3-9/h1,6-7,9H,2-5H2,(H,19,21). The van der Waals surface area contributed by atoms with E-state index >= 15 is 0 Å². The fraction of sp³-hybridized carbons (Fsp3) is 0.429. The Balaban J connectivity index is 2.17. The maximum Gasteiger partial charge on any atom is 0.417 e. The summed E-state index contributed by atoms with van der Waals surface area (Å²) in [7, 11) is 0. The number of amides is 1. The Hall–Kier alpha value is -1.37. The summed E-state index contributed by atoms with van der Waals surface area (Å²) < 4.78 is 39.2. The third kappa shape index (κ3) is 4.06. The van der Waals surface area contributed by atoms with Gasteiger partial charge in [-0.15, -0.1) is 0 Å². The number of carbonyl (C=O) groups is 2. The van der Waals surface area contributed by atoms with Crippen molar-refractivity contribution >= 4 is 27.6 Å². The van der Waals surface area contributed by atoms with Crippen molar-refractivity contribution in [2.24, 2.45) is 0 Å². The minimum Gasteiger partial charge on any atom is -0.349 e. The van der Waals surface area contributed by atoms with Crippen LogP contribution in [0.5, 0.6) is 0 Å². The molecule has 0 bridgehead atoms. The van der Waals surface area contributed by atoms with Gasteiger partial charge in [0.1, 0.15) is 5.78 Å². The molecule has 0 spiro atoms. The van der Waals surface area contributed by atoms with Crippen LogP contribution in [0.2, 0.25) is 0 Å². The van der Waals surface area contributed by atoms with E-state index in [1.165, 1.54) is 6.07 Å². The van der Waals surface area contributed by atoms with Gasteiger partial charge < -0.3 is 5.32 Å². The summed E-state index contributed by atoms with van der Waals surface area (Å²) in [5.74, 6) is -0.630. The van der Waals surface area contributed by atoms with Crippen molar-refractivity contribution in [3.05, 3.63) is 33.8 Å². The highest BCUT2D eigenvalue weighted by Crippen LogP contribution is 2.34. The zero-order valence-electron chi connectivity index (χ0n) is 11.0. The molecular formula is C14H13BrF3NO2. The Morgan fingerprint density at radius 2 is 1.86 bits per heavy atom. The predicted octanol–water partition coefficient (Wildman–Crippen LogP) is 3.71. The number of Topliss-reactive ketones (excluding diaryl/α,β-unsaturated/α-hetero) is 1. The predicted molar refractivity (Wildman–Crippen MR) is 73.9 cm³/mol. The second kappa shape index (κ2) is 6.17. The van der Waals surface area contributed by atoms with Crippen LogP contribution in [0.4, 0.5) is 13.2 Å². The Morgan fingerprint density at radius 3 is 2.43 bits per heavy atom. The smallest absolute Gasteiger partial charge is 0.349 e. The molecule has 0 aliphatic heterocycles. The summed E-state index contributed by atoms with van der Waals surface area (Å²) in [6.07, 6.45) is -2.93. The second-order valence-electron chi connectivity index (χ2n) is 4.97. The van der Waals surface area contributed by atoms with Crippen LogP contribution in [-0.4, -0.2) is 17.7 Å². The average molecular weight is 364 g/mol. The molecule has 1 fully saturated rings. The first-order chi connectivity index (χ1) is 9.77. The quantitative estimate of drug-likeness (QED) is 0.870. The molecule has 1 amide bonds.